The lowest BCUT2D eigenvalue weighted by Gasteiger charge is -2.12. The Bertz CT molecular complexity index is 1630. The molecule has 6 rings (SSSR count). The van der Waals surface area contributed by atoms with E-state index in [1.807, 2.05) is 109 Å². The molecule has 42 heavy (non-hydrogen) atoms. The van der Waals surface area contributed by atoms with Crippen LogP contribution in [-0.4, -0.2) is 36.6 Å². The van der Waals surface area contributed by atoms with Gasteiger partial charge >= 0.3 is 11.9 Å². The number of carbonyl (C=O) groups is 2. The van der Waals surface area contributed by atoms with E-state index in [2.05, 4.69) is 10.3 Å². The van der Waals surface area contributed by atoms with Crippen molar-refractivity contribution in [1.82, 2.24) is 0 Å². The molecule has 0 saturated carbocycles. The van der Waals surface area contributed by atoms with Gasteiger partial charge in [-0.3, -0.25) is 0 Å². The molecule has 0 aliphatic carbocycles. The van der Waals surface area contributed by atoms with Crippen molar-refractivity contribution in [2.75, 3.05) is 13.2 Å². The molecule has 0 radical (unpaired) electrons. The number of oxime groups is 2. The zero-order valence-corrected chi connectivity index (χ0v) is 22.3. The Labute approximate surface area is 241 Å². The summed E-state index contributed by atoms with van der Waals surface area (Å²) in [6.45, 7) is 0.460. The molecule has 0 spiro atoms. The van der Waals surface area contributed by atoms with Crippen molar-refractivity contribution in [1.29, 1.82) is 0 Å². The molecule has 8 heteroatoms. The molecule has 2 aliphatic heterocycles. The number of ether oxygens (including phenoxy) is 2. The number of hydrogen-bond donors (Lipinski definition) is 0. The molecule has 0 atom stereocenters. The predicted molar refractivity (Wildman–Crippen MR) is 158 cm³/mol. The van der Waals surface area contributed by atoms with Crippen molar-refractivity contribution in [2.24, 2.45) is 10.3 Å². The molecular formula is C34H24N2O6. The fourth-order valence-electron chi connectivity index (χ4n) is 4.50. The summed E-state index contributed by atoms with van der Waals surface area (Å²) in [4.78, 5) is 34.9. The second-order valence-corrected chi connectivity index (χ2v) is 9.26. The van der Waals surface area contributed by atoms with Gasteiger partial charge in [-0.25, -0.2) is 9.59 Å². The van der Waals surface area contributed by atoms with E-state index in [0.29, 0.717) is 45.2 Å². The lowest BCUT2D eigenvalue weighted by Crippen LogP contribution is -2.11. The van der Waals surface area contributed by atoms with Gasteiger partial charge in [0.25, 0.3) is 0 Å². The first kappa shape index (κ1) is 26.5. The minimum atomic E-state index is -0.524. The van der Waals surface area contributed by atoms with Crippen molar-refractivity contribution in [2.45, 2.75) is 0 Å². The molecule has 4 aromatic rings. The molecule has 0 bridgehead atoms. The van der Waals surface area contributed by atoms with Crippen LogP contribution < -0.4 is 9.47 Å². The van der Waals surface area contributed by atoms with Gasteiger partial charge in [0.1, 0.15) is 36.1 Å². The minimum absolute atomic E-state index is 0.230. The lowest BCUT2D eigenvalue weighted by atomic mass is 10.0. The van der Waals surface area contributed by atoms with Crippen molar-refractivity contribution in [3.8, 4) is 11.5 Å². The summed E-state index contributed by atoms with van der Waals surface area (Å²) in [5, 5.41) is 7.94. The Morgan fingerprint density at radius 2 is 0.905 bits per heavy atom. The molecule has 8 nitrogen and oxygen atoms in total. The molecule has 2 heterocycles. The van der Waals surface area contributed by atoms with E-state index >= 15 is 0 Å². The zero-order chi connectivity index (χ0) is 28.7. The van der Waals surface area contributed by atoms with Crippen LogP contribution in [0.5, 0.6) is 11.5 Å². The number of benzene rings is 4. The fourth-order valence-corrected chi connectivity index (χ4v) is 4.50. The summed E-state index contributed by atoms with van der Waals surface area (Å²) < 4.78 is 12.1. The van der Waals surface area contributed by atoms with Gasteiger partial charge in [0.15, 0.2) is 0 Å². The molecule has 4 aromatic carbocycles. The Morgan fingerprint density at radius 1 is 0.524 bits per heavy atom. The standard InChI is InChI=1S/C34H24N2O6/c37-33-27(31(35-41-33)23-11-3-1-4-12-23)21-25-15-7-9-17-29(25)39-19-20-40-30-18-10-8-16-26(30)22-28-32(36-42-34(28)38)24-13-5-2-6-14-24/h1-18,21-22H,19-20H2/b27-21-,28-22-. The van der Waals surface area contributed by atoms with Gasteiger partial charge in [-0.1, -0.05) is 107 Å². The lowest BCUT2D eigenvalue weighted by molar-refractivity contribution is -0.137. The van der Waals surface area contributed by atoms with Gasteiger partial charge in [0, 0.05) is 22.3 Å². The molecular weight excluding hydrogens is 532 g/mol. The van der Waals surface area contributed by atoms with Crippen LogP contribution in [0.4, 0.5) is 0 Å². The quantitative estimate of drug-likeness (QED) is 0.146. The van der Waals surface area contributed by atoms with E-state index < -0.39 is 11.9 Å². The van der Waals surface area contributed by atoms with E-state index in [1.165, 1.54) is 0 Å². The highest BCUT2D eigenvalue weighted by atomic mass is 16.7. The Morgan fingerprint density at radius 3 is 1.33 bits per heavy atom. The van der Waals surface area contributed by atoms with Gasteiger partial charge in [-0.2, -0.15) is 0 Å². The number of rotatable bonds is 9. The van der Waals surface area contributed by atoms with Crippen LogP contribution in [0.25, 0.3) is 12.2 Å². The summed E-state index contributed by atoms with van der Waals surface area (Å²) in [6, 6.07) is 33.5. The van der Waals surface area contributed by atoms with Gasteiger partial charge in [-0.05, 0) is 24.3 Å². The second kappa shape index (κ2) is 12.2. The zero-order valence-electron chi connectivity index (χ0n) is 22.3. The smallest absolute Gasteiger partial charge is 0.368 e. The minimum Gasteiger partial charge on any atom is -0.489 e. The number of hydrogen-bond acceptors (Lipinski definition) is 8. The summed E-state index contributed by atoms with van der Waals surface area (Å²) in [5.41, 5.74) is 4.59. The van der Waals surface area contributed by atoms with E-state index in [9.17, 15) is 9.59 Å². The highest BCUT2D eigenvalue weighted by Crippen LogP contribution is 2.27. The van der Waals surface area contributed by atoms with Gasteiger partial charge in [0.05, 0.1) is 11.1 Å². The van der Waals surface area contributed by atoms with E-state index in [0.717, 1.165) is 11.1 Å². The van der Waals surface area contributed by atoms with Gasteiger partial charge < -0.3 is 19.1 Å². The summed E-state index contributed by atoms with van der Waals surface area (Å²) in [6.07, 6.45) is 3.43. The SMILES string of the molecule is O=C1ON=C(c2ccccc2)/C1=C/c1ccccc1OCCOc1ccccc1/C=C1\C(=O)ON=C1c1ccccc1. The van der Waals surface area contributed by atoms with E-state index in [1.54, 1.807) is 12.2 Å². The third-order valence-electron chi connectivity index (χ3n) is 6.52. The third kappa shape index (κ3) is 5.73. The first-order valence-electron chi connectivity index (χ1n) is 13.2. The maximum atomic E-state index is 12.5. The van der Waals surface area contributed by atoms with Crippen LogP contribution in [0.1, 0.15) is 22.3 Å². The number of para-hydroxylation sites is 2. The molecule has 206 valence electrons. The van der Waals surface area contributed by atoms with Crippen LogP contribution in [0.2, 0.25) is 0 Å². The van der Waals surface area contributed by atoms with Crippen molar-refractivity contribution < 1.29 is 28.7 Å². The largest absolute Gasteiger partial charge is 0.489 e. The maximum Gasteiger partial charge on any atom is 0.368 e. The predicted octanol–water partition coefficient (Wildman–Crippen LogP) is 5.83. The first-order valence-corrected chi connectivity index (χ1v) is 13.2. The molecule has 0 N–H and O–H groups in total. The Balaban J connectivity index is 1.15. The average molecular weight is 557 g/mol. The molecule has 0 unspecified atom stereocenters. The third-order valence-corrected chi connectivity index (χ3v) is 6.52. The Kier molecular flexibility index (Phi) is 7.67. The number of carbonyl (C=O) groups excluding carboxylic acids is 2. The Hall–Kier alpha value is -5.76. The molecule has 0 saturated heterocycles. The number of nitrogens with zero attached hydrogens (tertiary/aromatic N) is 2. The maximum absolute atomic E-state index is 12.5. The summed E-state index contributed by atoms with van der Waals surface area (Å²) in [5.74, 6) is 0.107. The molecule has 0 amide bonds. The highest BCUT2D eigenvalue weighted by molar-refractivity contribution is 6.32. The molecule has 0 aromatic heterocycles. The van der Waals surface area contributed by atoms with Crippen LogP contribution in [0.3, 0.4) is 0 Å². The van der Waals surface area contributed by atoms with Crippen molar-refractivity contribution in [3.63, 3.8) is 0 Å². The monoisotopic (exact) mass is 556 g/mol. The molecule has 0 fully saturated rings. The van der Waals surface area contributed by atoms with Gasteiger partial charge in [0.2, 0.25) is 0 Å². The normalized spacial score (nSPS) is 16.2. The van der Waals surface area contributed by atoms with Crippen LogP contribution in [-0.2, 0) is 19.3 Å². The van der Waals surface area contributed by atoms with Crippen LogP contribution >= 0.6 is 0 Å². The van der Waals surface area contributed by atoms with Crippen LogP contribution in [0, 0.1) is 0 Å². The second-order valence-electron chi connectivity index (χ2n) is 9.26. The van der Waals surface area contributed by atoms with Crippen LogP contribution in [0.15, 0.2) is 131 Å². The van der Waals surface area contributed by atoms with Crippen molar-refractivity contribution in [3.05, 3.63) is 143 Å². The summed E-state index contributed by atoms with van der Waals surface area (Å²) >= 11 is 0. The fraction of sp³-hybridized carbons (Fsp3) is 0.0588. The van der Waals surface area contributed by atoms with Gasteiger partial charge in [-0.15, -0.1) is 0 Å². The highest BCUT2D eigenvalue weighted by Gasteiger charge is 2.28. The summed E-state index contributed by atoms with van der Waals surface area (Å²) in [7, 11) is 0. The van der Waals surface area contributed by atoms with Crippen molar-refractivity contribution >= 4 is 35.5 Å². The first-order chi connectivity index (χ1) is 20.7. The average Bonchev–Trinajstić information content (AvgIpc) is 3.59. The van der Waals surface area contributed by atoms with E-state index in [-0.39, 0.29) is 13.2 Å². The molecule has 2 aliphatic rings. The van der Waals surface area contributed by atoms with E-state index in [4.69, 9.17) is 19.1 Å². The topological polar surface area (TPSA) is 95.8 Å².